The molecule has 1 aliphatic carbocycles. The van der Waals surface area contributed by atoms with Crippen LogP contribution in [0, 0.1) is 11.8 Å². The summed E-state index contributed by atoms with van der Waals surface area (Å²) >= 11 is 6.19. The molecule has 3 atom stereocenters. The number of carbonyl (C=O) groups is 1. The quantitative estimate of drug-likeness (QED) is 0.847. The zero-order chi connectivity index (χ0) is 15.5. The van der Waals surface area contributed by atoms with Crippen LogP contribution in [-0.4, -0.2) is 39.2 Å². The Kier molecular flexibility index (Phi) is 3.00. The highest BCUT2D eigenvalue weighted by Crippen LogP contribution is 2.50. The number of aliphatic hydroxyl groups is 1. The summed E-state index contributed by atoms with van der Waals surface area (Å²) in [5.74, 6) is 0.836. The van der Waals surface area contributed by atoms with E-state index in [1.165, 1.54) is 0 Å². The maximum atomic E-state index is 11.5. The van der Waals surface area contributed by atoms with Gasteiger partial charge in [0.25, 0.3) is 0 Å². The van der Waals surface area contributed by atoms with Crippen molar-refractivity contribution in [2.45, 2.75) is 25.4 Å². The molecule has 1 saturated heterocycles. The summed E-state index contributed by atoms with van der Waals surface area (Å²) in [7, 11) is 0. The highest BCUT2D eigenvalue weighted by Gasteiger charge is 2.50. The molecule has 0 spiro atoms. The van der Waals surface area contributed by atoms with E-state index < -0.39 is 5.60 Å². The number of carbonyl (C=O) groups excluding carboxylic acids is 1. The molecule has 2 aromatic rings. The van der Waals surface area contributed by atoms with Gasteiger partial charge in [0.05, 0.1) is 17.3 Å². The summed E-state index contributed by atoms with van der Waals surface area (Å²) in [5, 5.41) is 19.7. The van der Waals surface area contributed by atoms with Gasteiger partial charge < -0.3 is 10.0 Å². The van der Waals surface area contributed by atoms with Crippen molar-refractivity contribution in [2.24, 2.45) is 11.8 Å². The number of rotatable bonds is 1. The number of nitrogens with one attached hydrogen (secondary N) is 1. The number of aromatic nitrogens is 2. The molecule has 1 aromatic carbocycles. The van der Waals surface area contributed by atoms with Gasteiger partial charge in [0.1, 0.15) is 0 Å². The number of halogens is 1. The number of likely N-dealkylation sites (tertiary alicyclic amines) is 1. The molecule has 1 saturated carbocycles. The monoisotopic (exact) mass is 319 g/mol. The zero-order valence-electron chi connectivity index (χ0n) is 12.3. The molecule has 5 nitrogen and oxygen atoms in total. The Morgan fingerprint density at radius 1 is 1.41 bits per heavy atom. The first kappa shape index (κ1) is 14.0. The predicted molar refractivity (Wildman–Crippen MR) is 83.5 cm³/mol. The van der Waals surface area contributed by atoms with Gasteiger partial charge in [-0.3, -0.25) is 9.89 Å². The summed E-state index contributed by atoms with van der Waals surface area (Å²) in [6.45, 7) is 3.11. The SMILES string of the molecule is CC(=O)N1C[C@@H]2C[C@](O)(c3cc(Cl)cc4[nH]ncc34)C[C@@H]2C1. The molecule has 22 heavy (non-hydrogen) atoms. The van der Waals surface area contributed by atoms with E-state index in [-0.39, 0.29) is 5.91 Å². The second kappa shape index (κ2) is 4.70. The Hall–Kier alpha value is -1.59. The molecule has 2 aliphatic rings. The van der Waals surface area contributed by atoms with Gasteiger partial charge in [0.2, 0.25) is 5.91 Å². The number of benzene rings is 1. The molecule has 0 bridgehead atoms. The van der Waals surface area contributed by atoms with E-state index in [1.54, 1.807) is 13.1 Å². The number of fused-ring (bicyclic) bond motifs is 2. The van der Waals surface area contributed by atoms with E-state index in [0.29, 0.717) is 29.7 Å². The molecule has 1 aromatic heterocycles. The Balaban J connectivity index is 1.69. The molecule has 6 heteroatoms. The van der Waals surface area contributed by atoms with Crippen molar-refractivity contribution in [3.8, 4) is 0 Å². The van der Waals surface area contributed by atoms with E-state index in [9.17, 15) is 9.90 Å². The molecular formula is C16H18ClN3O2. The third kappa shape index (κ3) is 2.03. The van der Waals surface area contributed by atoms with Crippen LogP contribution >= 0.6 is 11.6 Å². The topological polar surface area (TPSA) is 69.2 Å². The molecule has 0 radical (unpaired) electrons. The molecule has 1 aliphatic heterocycles. The minimum Gasteiger partial charge on any atom is -0.385 e. The van der Waals surface area contributed by atoms with Gasteiger partial charge in [-0.2, -0.15) is 5.10 Å². The van der Waals surface area contributed by atoms with Gasteiger partial charge in [0.15, 0.2) is 0 Å². The first-order chi connectivity index (χ1) is 10.5. The lowest BCUT2D eigenvalue weighted by Gasteiger charge is -2.27. The van der Waals surface area contributed by atoms with Gasteiger partial charge >= 0.3 is 0 Å². The molecular weight excluding hydrogens is 302 g/mol. The average Bonchev–Trinajstić information content (AvgIpc) is 3.10. The van der Waals surface area contributed by atoms with Crippen LogP contribution in [0.1, 0.15) is 25.3 Å². The van der Waals surface area contributed by atoms with Crippen LogP contribution in [0.3, 0.4) is 0 Å². The third-order valence-corrected chi connectivity index (χ3v) is 5.46. The number of hydrogen-bond acceptors (Lipinski definition) is 3. The van der Waals surface area contributed by atoms with Crippen molar-refractivity contribution in [2.75, 3.05) is 13.1 Å². The summed E-state index contributed by atoms with van der Waals surface area (Å²) in [5.41, 5.74) is 0.816. The molecule has 1 amide bonds. The van der Waals surface area contributed by atoms with Crippen LogP contribution in [0.4, 0.5) is 0 Å². The fourth-order valence-corrected chi connectivity index (χ4v) is 4.45. The molecule has 2 N–H and O–H groups in total. The minimum atomic E-state index is -0.884. The Morgan fingerprint density at radius 2 is 2.09 bits per heavy atom. The van der Waals surface area contributed by atoms with Gasteiger partial charge in [-0.25, -0.2) is 0 Å². The van der Waals surface area contributed by atoms with Crippen molar-refractivity contribution < 1.29 is 9.90 Å². The van der Waals surface area contributed by atoms with Crippen molar-refractivity contribution >= 4 is 28.4 Å². The summed E-state index contributed by atoms with van der Waals surface area (Å²) in [6.07, 6.45) is 3.08. The van der Waals surface area contributed by atoms with Gasteiger partial charge in [-0.05, 0) is 42.4 Å². The van der Waals surface area contributed by atoms with Crippen molar-refractivity contribution in [1.29, 1.82) is 0 Å². The molecule has 116 valence electrons. The minimum absolute atomic E-state index is 0.123. The first-order valence-corrected chi connectivity index (χ1v) is 7.95. The van der Waals surface area contributed by atoms with Crippen LogP contribution in [0.25, 0.3) is 10.9 Å². The number of hydrogen-bond donors (Lipinski definition) is 2. The second-order valence-corrected chi connectivity index (χ2v) is 7.11. The largest absolute Gasteiger partial charge is 0.385 e. The first-order valence-electron chi connectivity index (χ1n) is 7.57. The number of H-pyrrole nitrogens is 1. The fraction of sp³-hybridized carbons (Fsp3) is 0.500. The van der Waals surface area contributed by atoms with Crippen LogP contribution in [0.15, 0.2) is 18.3 Å². The Morgan fingerprint density at radius 3 is 2.73 bits per heavy atom. The van der Waals surface area contributed by atoms with Gasteiger partial charge in [-0.15, -0.1) is 0 Å². The molecule has 2 fully saturated rings. The number of nitrogens with zero attached hydrogens (tertiary/aromatic N) is 2. The Labute approximate surface area is 133 Å². The lowest BCUT2D eigenvalue weighted by atomic mass is 9.88. The van der Waals surface area contributed by atoms with E-state index in [2.05, 4.69) is 10.2 Å². The van der Waals surface area contributed by atoms with E-state index >= 15 is 0 Å². The lowest BCUT2D eigenvalue weighted by Crippen LogP contribution is -2.31. The highest BCUT2D eigenvalue weighted by atomic mass is 35.5. The second-order valence-electron chi connectivity index (χ2n) is 6.67. The summed E-state index contributed by atoms with van der Waals surface area (Å²) in [6, 6.07) is 3.67. The Bertz CT molecular complexity index is 743. The molecule has 0 unspecified atom stereocenters. The summed E-state index contributed by atoms with van der Waals surface area (Å²) in [4.78, 5) is 13.4. The normalized spacial score (nSPS) is 31.0. The smallest absolute Gasteiger partial charge is 0.219 e. The predicted octanol–water partition coefficient (Wildman–Crippen LogP) is 2.29. The standard InChI is InChI=1S/C16H18ClN3O2/c1-9(21)20-7-10-4-16(22,5-11(10)8-20)14-2-12(17)3-15-13(14)6-18-19-15/h2-3,6,10-11,22H,4-5,7-8H2,1H3,(H,18,19)/t10-,11+,16+. The average molecular weight is 320 g/mol. The maximum absolute atomic E-state index is 11.5. The highest BCUT2D eigenvalue weighted by molar-refractivity contribution is 6.31. The van der Waals surface area contributed by atoms with E-state index in [0.717, 1.165) is 29.6 Å². The fourth-order valence-electron chi connectivity index (χ4n) is 4.23. The van der Waals surface area contributed by atoms with E-state index in [4.69, 9.17) is 11.6 Å². The van der Waals surface area contributed by atoms with Crippen LogP contribution in [-0.2, 0) is 10.4 Å². The zero-order valence-corrected chi connectivity index (χ0v) is 13.1. The van der Waals surface area contributed by atoms with Crippen LogP contribution in [0.2, 0.25) is 5.02 Å². The molecule has 2 heterocycles. The van der Waals surface area contributed by atoms with Gasteiger partial charge in [0, 0.05) is 30.4 Å². The van der Waals surface area contributed by atoms with Crippen LogP contribution in [0.5, 0.6) is 0 Å². The van der Waals surface area contributed by atoms with Crippen LogP contribution < -0.4 is 0 Å². The van der Waals surface area contributed by atoms with E-state index in [1.807, 2.05) is 17.0 Å². The number of amides is 1. The maximum Gasteiger partial charge on any atom is 0.219 e. The van der Waals surface area contributed by atoms with Gasteiger partial charge in [-0.1, -0.05) is 11.6 Å². The number of aromatic amines is 1. The van der Waals surface area contributed by atoms with Crippen molar-refractivity contribution in [1.82, 2.24) is 15.1 Å². The lowest BCUT2D eigenvalue weighted by molar-refractivity contribution is -0.128. The third-order valence-electron chi connectivity index (χ3n) is 5.25. The summed E-state index contributed by atoms with van der Waals surface area (Å²) < 4.78 is 0. The van der Waals surface area contributed by atoms with Crippen molar-refractivity contribution in [3.63, 3.8) is 0 Å². The van der Waals surface area contributed by atoms with Crippen molar-refractivity contribution in [3.05, 3.63) is 28.9 Å². The molecule has 4 rings (SSSR count).